The summed E-state index contributed by atoms with van der Waals surface area (Å²) in [5.41, 5.74) is 3.49. The number of fused-ring (bicyclic) bond motifs is 1. The first-order valence-electron chi connectivity index (χ1n) is 7.15. The zero-order valence-electron chi connectivity index (χ0n) is 11.7. The Kier molecular flexibility index (Phi) is 3.08. The third-order valence-electron chi connectivity index (χ3n) is 3.94. The lowest BCUT2D eigenvalue weighted by Crippen LogP contribution is -2.30. The molecule has 0 unspecified atom stereocenters. The van der Waals surface area contributed by atoms with Crippen molar-refractivity contribution < 1.29 is 4.52 Å². The average molecular weight is 283 g/mol. The normalized spacial score (nSPS) is 15.2. The van der Waals surface area contributed by atoms with E-state index in [1.54, 1.807) is 12.5 Å². The Morgan fingerprint density at radius 3 is 3.14 bits per heavy atom. The van der Waals surface area contributed by atoms with Gasteiger partial charge in [-0.3, -0.25) is 4.90 Å². The summed E-state index contributed by atoms with van der Waals surface area (Å²) in [6.07, 6.45) is 8.42. The molecule has 0 aliphatic carbocycles. The Morgan fingerprint density at radius 1 is 1.33 bits per heavy atom. The van der Waals surface area contributed by atoms with Crippen molar-refractivity contribution in [1.29, 1.82) is 0 Å². The zero-order chi connectivity index (χ0) is 14.1. The van der Waals surface area contributed by atoms with Gasteiger partial charge in [0.2, 0.25) is 0 Å². The van der Waals surface area contributed by atoms with E-state index >= 15 is 0 Å². The summed E-state index contributed by atoms with van der Waals surface area (Å²) in [6, 6.07) is 4.16. The number of aromatic amines is 1. The SMILES string of the molecule is c1c[nH]c(CN2CCc3onc(Cn4ccnc4)c3C2)c1. The van der Waals surface area contributed by atoms with Crippen LogP contribution in [-0.2, 0) is 26.1 Å². The minimum Gasteiger partial charge on any atom is -0.364 e. The third kappa shape index (κ3) is 2.50. The first-order chi connectivity index (χ1) is 10.4. The molecule has 6 heteroatoms. The van der Waals surface area contributed by atoms with Crippen LogP contribution >= 0.6 is 0 Å². The van der Waals surface area contributed by atoms with Crippen LogP contribution in [0, 0.1) is 0 Å². The molecule has 0 spiro atoms. The molecule has 1 N–H and O–H groups in total. The monoisotopic (exact) mass is 283 g/mol. The second kappa shape index (κ2) is 5.21. The van der Waals surface area contributed by atoms with E-state index in [1.807, 2.05) is 23.0 Å². The van der Waals surface area contributed by atoms with Crippen LogP contribution in [0.15, 0.2) is 41.6 Å². The molecule has 1 aliphatic heterocycles. The largest absolute Gasteiger partial charge is 0.364 e. The van der Waals surface area contributed by atoms with E-state index in [1.165, 1.54) is 11.3 Å². The second-order valence-electron chi connectivity index (χ2n) is 5.42. The third-order valence-corrected chi connectivity index (χ3v) is 3.94. The lowest BCUT2D eigenvalue weighted by molar-refractivity contribution is 0.226. The molecule has 3 aromatic rings. The van der Waals surface area contributed by atoms with Crippen molar-refractivity contribution in [2.75, 3.05) is 6.54 Å². The number of hydrogen-bond donors (Lipinski definition) is 1. The van der Waals surface area contributed by atoms with E-state index in [2.05, 4.69) is 26.1 Å². The molecule has 0 saturated carbocycles. The van der Waals surface area contributed by atoms with Gasteiger partial charge in [-0.2, -0.15) is 0 Å². The number of H-pyrrole nitrogens is 1. The van der Waals surface area contributed by atoms with Crippen molar-refractivity contribution in [3.8, 4) is 0 Å². The highest BCUT2D eigenvalue weighted by Gasteiger charge is 2.24. The van der Waals surface area contributed by atoms with Crippen molar-refractivity contribution >= 4 is 0 Å². The summed E-state index contributed by atoms with van der Waals surface area (Å²) >= 11 is 0. The number of nitrogens with zero attached hydrogens (tertiary/aromatic N) is 4. The minimum absolute atomic E-state index is 0.717. The topological polar surface area (TPSA) is 62.9 Å². The fourth-order valence-corrected chi connectivity index (χ4v) is 2.84. The molecule has 0 saturated heterocycles. The minimum atomic E-state index is 0.717. The van der Waals surface area contributed by atoms with Crippen molar-refractivity contribution in [3.05, 3.63) is 59.8 Å². The van der Waals surface area contributed by atoms with Gasteiger partial charge in [-0.05, 0) is 12.1 Å². The van der Waals surface area contributed by atoms with Gasteiger partial charge in [0.05, 0.1) is 12.9 Å². The molecular weight excluding hydrogens is 266 g/mol. The van der Waals surface area contributed by atoms with Crippen LogP contribution in [0.25, 0.3) is 0 Å². The number of imidazole rings is 1. The predicted octanol–water partition coefficient (Wildman–Crippen LogP) is 1.81. The predicted molar refractivity (Wildman–Crippen MR) is 76.4 cm³/mol. The Labute approximate surface area is 122 Å². The molecule has 0 amide bonds. The standard InChI is InChI=1S/C15H17N5O/c1-2-12(17-4-1)8-19-6-3-15-13(9-19)14(18-21-15)10-20-7-5-16-11-20/h1-2,4-5,7,11,17H,3,6,8-10H2. The molecular formula is C15H17N5O. The van der Waals surface area contributed by atoms with Crippen LogP contribution in [0.2, 0.25) is 0 Å². The molecule has 21 heavy (non-hydrogen) atoms. The Balaban J connectivity index is 1.52. The zero-order valence-corrected chi connectivity index (χ0v) is 11.7. The molecule has 1 aliphatic rings. The molecule has 0 aromatic carbocycles. The highest BCUT2D eigenvalue weighted by atomic mass is 16.5. The number of aromatic nitrogens is 4. The number of rotatable bonds is 4. The van der Waals surface area contributed by atoms with Crippen molar-refractivity contribution in [2.45, 2.75) is 26.1 Å². The van der Waals surface area contributed by atoms with Crippen LogP contribution in [0.1, 0.15) is 22.7 Å². The fraction of sp³-hybridized carbons (Fsp3) is 0.333. The van der Waals surface area contributed by atoms with E-state index in [4.69, 9.17) is 4.52 Å². The van der Waals surface area contributed by atoms with Gasteiger partial charge in [-0.15, -0.1) is 0 Å². The van der Waals surface area contributed by atoms with Crippen LogP contribution in [0.5, 0.6) is 0 Å². The molecule has 6 nitrogen and oxygen atoms in total. The van der Waals surface area contributed by atoms with Gasteiger partial charge in [0, 0.05) is 55.9 Å². The van der Waals surface area contributed by atoms with E-state index < -0.39 is 0 Å². The maximum absolute atomic E-state index is 5.50. The summed E-state index contributed by atoms with van der Waals surface area (Å²) in [5.74, 6) is 1.04. The molecule has 0 fully saturated rings. The second-order valence-corrected chi connectivity index (χ2v) is 5.42. The van der Waals surface area contributed by atoms with Crippen molar-refractivity contribution in [2.24, 2.45) is 0 Å². The van der Waals surface area contributed by atoms with Gasteiger partial charge in [-0.1, -0.05) is 5.16 Å². The maximum Gasteiger partial charge on any atom is 0.142 e. The lowest BCUT2D eigenvalue weighted by Gasteiger charge is -2.25. The Hall–Kier alpha value is -2.34. The number of hydrogen-bond acceptors (Lipinski definition) is 4. The van der Waals surface area contributed by atoms with Gasteiger partial charge in [0.25, 0.3) is 0 Å². The van der Waals surface area contributed by atoms with Crippen molar-refractivity contribution in [1.82, 2.24) is 24.6 Å². The fourth-order valence-electron chi connectivity index (χ4n) is 2.84. The van der Waals surface area contributed by atoms with Gasteiger partial charge < -0.3 is 14.1 Å². The molecule has 4 rings (SSSR count). The smallest absolute Gasteiger partial charge is 0.142 e. The molecule has 0 bridgehead atoms. The van der Waals surface area contributed by atoms with Gasteiger partial charge in [-0.25, -0.2) is 4.98 Å². The van der Waals surface area contributed by atoms with E-state index in [-0.39, 0.29) is 0 Å². The van der Waals surface area contributed by atoms with Crippen LogP contribution in [0.4, 0.5) is 0 Å². The summed E-state index contributed by atoms with van der Waals surface area (Å²) in [4.78, 5) is 9.75. The van der Waals surface area contributed by atoms with E-state index in [0.29, 0.717) is 0 Å². The van der Waals surface area contributed by atoms with Gasteiger partial charge >= 0.3 is 0 Å². The van der Waals surface area contributed by atoms with Crippen LogP contribution in [0.3, 0.4) is 0 Å². The molecule has 4 heterocycles. The highest BCUT2D eigenvalue weighted by molar-refractivity contribution is 5.26. The summed E-state index contributed by atoms with van der Waals surface area (Å²) in [5, 5.41) is 4.25. The highest BCUT2D eigenvalue weighted by Crippen LogP contribution is 2.24. The van der Waals surface area contributed by atoms with Crippen LogP contribution < -0.4 is 0 Å². The molecule has 3 aromatic heterocycles. The van der Waals surface area contributed by atoms with Gasteiger partial charge in [0.15, 0.2) is 0 Å². The summed E-state index contributed by atoms with van der Waals surface area (Å²) in [6.45, 7) is 3.55. The van der Waals surface area contributed by atoms with E-state index in [0.717, 1.165) is 44.1 Å². The van der Waals surface area contributed by atoms with Gasteiger partial charge in [0.1, 0.15) is 11.5 Å². The van der Waals surface area contributed by atoms with E-state index in [9.17, 15) is 0 Å². The summed E-state index contributed by atoms with van der Waals surface area (Å²) in [7, 11) is 0. The Morgan fingerprint density at radius 2 is 2.33 bits per heavy atom. The number of nitrogens with one attached hydrogen (secondary N) is 1. The Bertz CT molecular complexity index is 699. The summed E-state index contributed by atoms with van der Waals surface area (Å²) < 4.78 is 7.52. The average Bonchev–Trinajstić information content (AvgIpc) is 3.22. The first kappa shape index (κ1) is 12.4. The maximum atomic E-state index is 5.50. The quantitative estimate of drug-likeness (QED) is 0.793. The van der Waals surface area contributed by atoms with Crippen LogP contribution in [-0.4, -0.2) is 31.1 Å². The molecule has 0 atom stereocenters. The van der Waals surface area contributed by atoms with Crippen molar-refractivity contribution in [3.63, 3.8) is 0 Å². The molecule has 0 radical (unpaired) electrons. The lowest BCUT2D eigenvalue weighted by atomic mass is 10.1. The first-order valence-corrected chi connectivity index (χ1v) is 7.15. The molecule has 108 valence electrons.